The number of carbonyl (C=O) groups is 1. The van der Waals surface area contributed by atoms with Gasteiger partial charge in [-0.15, -0.1) is 0 Å². The van der Waals surface area contributed by atoms with Gasteiger partial charge >= 0.3 is 5.97 Å². The van der Waals surface area contributed by atoms with Gasteiger partial charge in [0.05, 0.1) is 5.56 Å². The number of nitrogens with zero attached hydrogens (tertiary/aromatic N) is 1. The Kier molecular flexibility index (Phi) is 3.06. The average Bonchev–Trinajstić information content (AvgIpc) is 2.70. The quantitative estimate of drug-likeness (QED) is 0.866. The molecule has 0 spiro atoms. The number of nitrogen functional groups attached to an aromatic ring is 1. The molecule has 0 radical (unpaired) electrons. The maximum Gasteiger partial charge on any atom is 0.358 e. The van der Waals surface area contributed by atoms with Crippen LogP contribution < -0.4 is 5.73 Å². The van der Waals surface area contributed by atoms with Gasteiger partial charge in [-0.05, 0) is 55.5 Å². The molecule has 1 aromatic heterocycles. The number of carboxylic acid groups (broad SMARTS) is 1. The number of aromatic nitrogens is 1. The number of benzene rings is 1. The maximum absolute atomic E-state index is 11.2. The Labute approximate surface area is 111 Å². The third kappa shape index (κ3) is 1.97. The average molecular weight is 260 g/mol. The van der Waals surface area contributed by atoms with Crippen molar-refractivity contribution in [2.75, 3.05) is 5.73 Å². The maximum atomic E-state index is 11.2. The van der Waals surface area contributed by atoms with E-state index in [1.807, 2.05) is 27.7 Å². The molecule has 3 N–H and O–H groups in total. The fourth-order valence-corrected chi connectivity index (χ4v) is 2.28. The first-order chi connectivity index (χ1) is 8.84. The third-order valence-electron chi connectivity index (χ3n) is 3.54. The highest BCUT2D eigenvalue weighted by molar-refractivity contribution is 5.98. The predicted molar refractivity (Wildman–Crippen MR) is 72.3 cm³/mol. The number of aromatic carboxylic acids is 1. The van der Waals surface area contributed by atoms with Crippen molar-refractivity contribution in [2.45, 2.75) is 27.7 Å². The molecule has 5 heteroatoms. The number of hydrogen-bond acceptors (Lipinski definition) is 4. The molecule has 0 aliphatic rings. The lowest BCUT2D eigenvalue weighted by Crippen LogP contribution is -2.03. The molecule has 0 saturated carbocycles. The zero-order valence-electron chi connectivity index (χ0n) is 11.4. The standard InChI is InChI=1S/C14H16N2O3/c1-6-5-7(2)9(4)10(8(6)3)11-12(14(17)18)16-19-13(11)15/h5H,15H2,1-4H3,(H,17,18). The molecule has 19 heavy (non-hydrogen) atoms. The van der Waals surface area contributed by atoms with Crippen LogP contribution in [0.4, 0.5) is 5.88 Å². The van der Waals surface area contributed by atoms with E-state index in [-0.39, 0.29) is 11.6 Å². The number of aryl methyl sites for hydroxylation is 2. The second-order valence-corrected chi connectivity index (χ2v) is 4.71. The molecule has 0 amide bonds. The fraction of sp³-hybridized carbons (Fsp3) is 0.286. The molecular formula is C14H16N2O3. The summed E-state index contributed by atoms with van der Waals surface area (Å²) in [5, 5.41) is 12.7. The predicted octanol–water partition coefficient (Wildman–Crippen LogP) is 2.86. The lowest BCUT2D eigenvalue weighted by atomic mass is 9.89. The van der Waals surface area contributed by atoms with Gasteiger partial charge in [0.2, 0.25) is 11.6 Å². The molecule has 0 saturated heterocycles. The van der Waals surface area contributed by atoms with Gasteiger partial charge in [-0.25, -0.2) is 4.79 Å². The molecule has 1 aromatic carbocycles. The molecule has 1 heterocycles. The Hall–Kier alpha value is -2.30. The highest BCUT2D eigenvalue weighted by atomic mass is 16.5. The highest BCUT2D eigenvalue weighted by Gasteiger charge is 2.25. The monoisotopic (exact) mass is 260 g/mol. The van der Waals surface area contributed by atoms with Crippen LogP contribution in [0.5, 0.6) is 0 Å². The van der Waals surface area contributed by atoms with Crippen molar-refractivity contribution in [3.63, 3.8) is 0 Å². The second kappa shape index (κ2) is 4.42. The number of anilines is 1. The van der Waals surface area contributed by atoms with Crippen molar-refractivity contribution in [3.05, 3.63) is 34.0 Å². The largest absolute Gasteiger partial charge is 0.476 e. The van der Waals surface area contributed by atoms with Crippen LogP contribution in [0.3, 0.4) is 0 Å². The van der Waals surface area contributed by atoms with Crippen molar-refractivity contribution in [3.8, 4) is 11.1 Å². The molecule has 2 rings (SSSR count). The van der Waals surface area contributed by atoms with Crippen LogP contribution in [-0.4, -0.2) is 16.2 Å². The molecule has 0 atom stereocenters. The van der Waals surface area contributed by atoms with Gasteiger partial charge in [0.25, 0.3) is 0 Å². The first-order valence-electron chi connectivity index (χ1n) is 5.90. The topological polar surface area (TPSA) is 89.3 Å². The first kappa shape index (κ1) is 13.1. The van der Waals surface area contributed by atoms with E-state index in [0.717, 1.165) is 27.8 Å². The van der Waals surface area contributed by atoms with Crippen molar-refractivity contribution in [1.29, 1.82) is 0 Å². The van der Waals surface area contributed by atoms with Gasteiger partial charge < -0.3 is 15.4 Å². The minimum absolute atomic E-state index is 0.0357. The van der Waals surface area contributed by atoms with Gasteiger partial charge in [-0.2, -0.15) is 0 Å². The van der Waals surface area contributed by atoms with Crippen molar-refractivity contribution in [1.82, 2.24) is 5.16 Å². The van der Waals surface area contributed by atoms with Crippen LogP contribution >= 0.6 is 0 Å². The second-order valence-electron chi connectivity index (χ2n) is 4.71. The SMILES string of the molecule is Cc1cc(C)c(C)c(-c2c(C(=O)O)noc2N)c1C. The van der Waals surface area contributed by atoms with Crippen LogP contribution in [0.15, 0.2) is 10.6 Å². The number of rotatable bonds is 2. The Morgan fingerprint density at radius 3 is 2.16 bits per heavy atom. The van der Waals surface area contributed by atoms with Gasteiger partial charge in [-0.3, -0.25) is 0 Å². The Morgan fingerprint density at radius 1 is 1.16 bits per heavy atom. The highest BCUT2D eigenvalue weighted by Crippen LogP contribution is 2.37. The van der Waals surface area contributed by atoms with Gasteiger partial charge in [-0.1, -0.05) is 11.2 Å². The van der Waals surface area contributed by atoms with Crippen LogP contribution in [0.2, 0.25) is 0 Å². The smallest absolute Gasteiger partial charge is 0.358 e. The molecule has 2 aromatic rings. The normalized spacial score (nSPS) is 10.7. The number of carboxylic acids is 1. The third-order valence-corrected chi connectivity index (χ3v) is 3.54. The summed E-state index contributed by atoms with van der Waals surface area (Å²) in [6.07, 6.45) is 0. The zero-order valence-corrected chi connectivity index (χ0v) is 11.4. The van der Waals surface area contributed by atoms with Gasteiger partial charge in [0, 0.05) is 0 Å². The van der Waals surface area contributed by atoms with Crippen molar-refractivity contribution < 1.29 is 14.4 Å². The summed E-state index contributed by atoms with van der Waals surface area (Å²) in [6.45, 7) is 7.84. The summed E-state index contributed by atoms with van der Waals surface area (Å²) in [7, 11) is 0. The van der Waals surface area contributed by atoms with Gasteiger partial charge in [0.1, 0.15) is 0 Å². The van der Waals surface area contributed by atoms with Crippen LogP contribution in [0.1, 0.15) is 32.7 Å². The zero-order chi connectivity index (χ0) is 14.3. The molecule has 0 aliphatic carbocycles. The molecule has 0 aliphatic heterocycles. The van der Waals surface area contributed by atoms with E-state index in [0.29, 0.717) is 5.56 Å². The lowest BCUT2D eigenvalue weighted by molar-refractivity contribution is 0.0686. The molecule has 0 unspecified atom stereocenters. The first-order valence-corrected chi connectivity index (χ1v) is 5.90. The van der Waals surface area contributed by atoms with E-state index in [1.54, 1.807) is 0 Å². The van der Waals surface area contributed by atoms with E-state index < -0.39 is 5.97 Å². The molecule has 5 nitrogen and oxygen atoms in total. The van der Waals surface area contributed by atoms with Crippen molar-refractivity contribution >= 4 is 11.9 Å². The Bertz CT molecular complexity index is 646. The molecule has 0 fully saturated rings. The summed E-state index contributed by atoms with van der Waals surface area (Å²) < 4.78 is 4.85. The Balaban J connectivity index is 2.87. The lowest BCUT2D eigenvalue weighted by Gasteiger charge is -2.14. The minimum atomic E-state index is -1.14. The van der Waals surface area contributed by atoms with E-state index >= 15 is 0 Å². The van der Waals surface area contributed by atoms with E-state index in [4.69, 9.17) is 10.3 Å². The number of nitrogens with two attached hydrogens (primary N) is 1. The van der Waals surface area contributed by atoms with Crippen LogP contribution in [0.25, 0.3) is 11.1 Å². The molecule has 100 valence electrons. The fourth-order valence-electron chi connectivity index (χ4n) is 2.28. The van der Waals surface area contributed by atoms with Crippen LogP contribution in [0, 0.1) is 27.7 Å². The molecule has 0 bridgehead atoms. The Morgan fingerprint density at radius 2 is 1.68 bits per heavy atom. The summed E-state index contributed by atoms with van der Waals surface area (Å²) in [5.41, 5.74) is 10.9. The summed E-state index contributed by atoms with van der Waals surface area (Å²) in [6, 6.07) is 2.07. The van der Waals surface area contributed by atoms with Crippen LogP contribution in [-0.2, 0) is 0 Å². The van der Waals surface area contributed by atoms with Gasteiger partial charge in [0.15, 0.2) is 0 Å². The van der Waals surface area contributed by atoms with E-state index in [9.17, 15) is 9.90 Å². The van der Waals surface area contributed by atoms with Crippen molar-refractivity contribution in [2.24, 2.45) is 0 Å². The van der Waals surface area contributed by atoms with E-state index in [2.05, 4.69) is 11.2 Å². The summed E-state index contributed by atoms with van der Waals surface area (Å²) in [4.78, 5) is 11.2. The van der Waals surface area contributed by atoms with E-state index in [1.165, 1.54) is 0 Å². The summed E-state index contributed by atoms with van der Waals surface area (Å²) in [5.74, 6) is -1.11. The number of hydrogen-bond donors (Lipinski definition) is 2. The molecular weight excluding hydrogens is 244 g/mol. The summed E-state index contributed by atoms with van der Waals surface area (Å²) >= 11 is 0. The minimum Gasteiger partial charge on any atom is -0.476 e.